The zero-order chi connectivity index (χ0) is 14.8. The third kappa shape index (κ3) is 2.72. The van der Waals surface area contributed by atoms with Crippen LogP contribution in [0.5, 0.6) is 0 Å². The average molecular weight is 303 g/mol. The number of likely N-dealkylation sites (tertiary alicyclic amines) is 1. The molecule has 2 aromatic rings. The summed E-state index contributed by atoms with van der Waals surface area (Å²) in [5.41, 5.74) is 0.903. The Bertz CT molecular complexity index is 709. The van der Waals surface area contributed by atoms with Crippen molar-refractivity contribution in [3.05, 3.63) is 69.1 Å². The minimum absolute atomic E-state index is 0.00868. The van der Waals surface area contributed by atoms with E-state index < -0.39 is 0 Å². The molecule has 108 valence electrons. The van der Waals surface area contributed by atoms with Gasteiger partial charge in [0.2, 0.25) is 0 Å². The third-order valence-corrected chi connectivity index (χ3v) is 4.07. The van der Waals surface area contributed by atoms with Crippen molar-refractivity contribution in [2.24, 2.45) is 0 Å². The average Bonchev–Trinajstić information content (AvgIpc) is 2.97. The Morgan fingerprint density at radius 2 is 2.00 bits per heavy atom. The van der Waals surface area contributed by atoms with E-state index in [-0.39, 0.29) is 23.1 Å². The molecule has 1 fully saturated rings. The monoisotopic (exact) mass is 302 g/mol. The molecule has 1 amide bonds. The van der Waals surface area contributed by atoms with Gasteiger partial charge in [-0.3, -0.25) is 9.59 Å². The highest BCUT2D eigenvalue weighted by molar-refractivity contribution is 6.30. The molecule has 0 radical (unpaired) electrons. The highest BCUT2D eigenvalue weighted by atomic mass is 35.5. The Hall–Kier alpha value is -2.07. The summed E-state index contributed by atoms with van der Waals surface area (Å²) >= 11 is 5.91. The first-order valence-electron chi connectivity index (χ1n) is 6.91. The number of amides is 1. The fraction of sp³-hybridized carbons (Fsp3) is 0.250. The second-order valence-corrected chi connectivity index (χ2v) is 5.56. The van der Waals surface area contributed by atoms with Crippen LogP contribution < -0.4 is 5.56 Å². The van der Waals surface area contributed by atoms with Crippen molar-refractivity contribution in [1.29, 1.82) is 0 Å². The molecule has 1 aliphatic rings. The lowest BCUT2D eigenvalue weighted by molar-refractivity contribution is 0.0734. The first kappa shape index (κ1) is 13.9. The number of hydrogen-bond donors (Lipinski definition) is 1. The summed E-state index contributed by atoms with van der Waals surface area (Å²) < 4.78 is 0. The molecular weight excluding hydrogens is 288 g/mol. The lowest BCUT2D eigenvalue weighted by Crippen LogP contribution is -2.34. The van der Waals surface area contributed by atoms with Crippen LogP contribution in [-0.2, 0) is 0 Å². The normalized spacial score (nSPS) is 18.0. The molecule has 5 heteroatoms. The fourth-order valence-electron chi connectivity index (χ4n) is 2.79. The number of carbonyl (C=O) groups is 1. The fourth-order valence-corrected chi connectivity index (χ4v) is 2.91. The van der Waals surface area contributed by atoms with Crippen LogP contribution in [0.15, 0.2) is 47.4 Å². The predicted molar refractivity (Wildman–Crippen MR) is 81.5 cm³/mol. The zero-order valence-corrected chi connectivity index (χ0v) is 12.1. The molecule has 1 N–H and O–H groups in total. The maximum atomic E-state index is 12.6. The Balaban J connectivity index is 1.91. The summed E-state index contributed by atoms with van der Waals surface area (Å²) in [6.45, 7) is 0.667. The Labute approximate surface area is 127 Å². The number of pyridine rings is 1. The smallest absolute Gasteiger partial charge is 0.260 e. The number of rotatable bonds is 2. The van der Waals surface area contributed by atoms with Crippen LogP contribution in [0.1, 0.15) is 34.8 Å². The molecule has 4 nitrogen and oxygen atoms in total. The van der Waals surface area contributed by atoms with Crippen LogP contribution in [0, 0.1) is 0 Å². The largest absolute Gasteiger partial charge is 0.331 e. The van der Waals surface area contributed by atoms with Gasteiger partial charge >= 0.3 is 0 Å². The lowest BCUT2D eigenvalue weighted by atomic mass is 10.0. The molecule has 0 bridgehead atoms. The number of halogens is 1. The molecule has 21 heavy (non-hydrogen) atoms. The highest BCUT2D eigenvalue weighted by Crippen LogP contribution is 2.33. The molecule has 1 saturated heterocycles. The van der Waals surface area contributed by atoms with Gasteiger partial charge in [-0.05, 0) is 42.7 Å². The van der Waals surface area contributed by atoms with E-state index in [4.69, 9.17) is 11.6 Å². The molecule has 1 aliphatic heterocycles. The van der Waals surface area contributed by atoms with Crippen molar-refractivity contribution in [2.45, 2.75) is 18.9 Å². The topological polar surface area (TPSA) is 53.2 Å². The first-order chi connectivity index (χ1) is 10.2. The van der Waals surface area contributed by atoms with Gasteiger partial charge in [-0.2, -0.15) is 0 Å². The molecule has 0 saturated carbocycles. The van der Waals surface area contributed by atoms with Crippen LogP contribution >= 0.6 is 11.6 Å². The number of nitrogens with one attached hydrogen (secondary N) is 1. The summed E-state index contributed by atoms with van der Waals surface area (Å²) in [5.74, 6) is -0.214. The van der Waals surface area contributed by atoms with Crippen LogP contribution in [0.3, 0.4) is 0 Å². The van der Waals surface area contributed by atoms with Gasteiger partial charge in [-0.25, -0.2) is 0 Å². The molecule has 1 unspecified atom stereocenters. The van der Waals surface area contributed by atoms with Crippen LogP contribution in [0.25, 0.3) is 0 Å². The molecule has 2 heterocycles. The number of nitrogens with zero attached hydrogens (tertiary/aromatic N) is 1. The Kier molecular flexibility index (Phi) is 3.80. The van der Waals surface area contributed by atoms with Crippen LogP contribution in [-0.4, -0.2) is 22.3 Å². The SMILES string of the molecule is O=C(c1ccc[nH]c1=O)N1CCCC1c1ccc(Cl)cc1. The summed E-state index contributed by atoms with van der Waals surface area (Å²) in [7, 11) is 0. The van der Waals surface area contributed by atoms with Crippen molar-refractivity contribution in [2.75, 3.05) is 6.54 Å². The van der Waals surface area contributed by atoms with E-state index >= 15 is 0 Å². The van der Waals surface area contributed by atoms with Gasteiger partial charge in [0, 0.05) is 17.8 Å². The van der Waals surface area contributed by atoms with Crippen molar-refractivity contribution in [3.8, 4) is 0 Å². The second-order valence-electron chi connectivity index (χ2n) is 5.12. The summed E-state index contributed by atoms with van der Waals surface area (Å²) in [6, 6.07) is 10.8. The van der Waals surface area contributed by atoms with E-state index in [1.165, 1.54) is 6.20 Å². The van der Waals surface area contributed by atoms with Gasteiger partial charge < -0.3 is 9.88 Å². The predicted octanol–water partition coefficient (Wildman–Crippen LogP) is 3.01. The van der Waals surface area contributed by atoms with E-state index in [0.717, 1.165) is 18.4 Å². The van der Waals surface area contributed by atoms with Gasteiger partial charge in [-0.1, -0.05) is 23.7 Å². The number of aromatic amines is 1. The van der Waals surface area contributed by atoms with E-state index in [9.17, 15) is 9.59 Å². The molecule has 1 aromatic carbocycles. The number of benzene rings is 1. The van der Waals surface area contributed by atoms with Gasteiger partial charge in [0.05, 0.1) is 6.04 Å². The number of carbonyl (C=O) groups excluding carboxylic acids is 1. The molecule has 1 atom stereocenters. The molecule has 0 aliphatic carbocycles. The van der Waals surface area contributed by atoms with Gasteiger partial charge in [0.25, 0.3) is 11.5 Å². The maximum Gasteiger partial charge on any atom is 0.260 e. The minimum atomic E-state index is -0.343. The molecular formula is C16H15ClN2O2. The van der Waals surface area contributed by atoms with E-state index in [1.54, 1.807) is 17.0 Å². The number of hydrogen-bond acceptors (Lipinski definition) is 2. The zero-order valence-electron chi connectivity index (χ0n) is 11.4. The molecule has 3 rings (SSSR count). The second kappa shape index (κ2) is 5.74. The van der Waals surface area contributed by atoms with Crippen molar-refractivity contribution >= 4 is 17.5 Å². The van der Waals surface area contributed by atoms with Gasteiger partial charge in [-0.15, -0.1) is 0 Å². The lowest BCUT2D eigenvalue weighted by Gasteiger charge is -2.25. The molecule has 0 spiro atoms. The number of aromatic nitrogens is 1. The van der Waals surface area contributed by atoms with E-state index in [0.29, 0.717) is 11.6 Å². The summed E-state index contributed by atoms with van der Waals surface area (Å²) in [5, 5.41) is 0.675. The summed E-state index contributed by atoms with van der Waals surface area (Å²) in [4.78, 5) is 28.7. The first-order valence-corrected chi connectivity index (χ1v) is 7.29. The standard InChI is InChI=1S/C16H15ClN2O2/c17-12-7-5-11(6-8-12)14-4-2-10-19(14)16(21)13-3-1-9-18-15(13)20/h1,3,5-9,14H,2,4,10H2,(H,18,20). The van der Waals surface area contributed by atoms with E-state index in [1.807, 2.05) is 24.3 Å². The summed E-state index contributed by atoms with van der Waals surface area (Å²) in [6.07, 6.45) is 3.36. The van der Waals surface area contributed by atoms with Crippen molar-refractivity contribution in [1.82, 2.24) is 9.88 Å². The third-order valence-electron chi connectivity index (χ3n) is 3.82. The Morgan fingerprint density at radius 3 is 2.71 bits per heavy atom. The highest BCUT2D eigenvalue weighted by Gasteiger charge is 2.31. The van der Waals surface area contributed by atoms with E-state index in [2.05, 4.69) is 4.98 Å². The number of H-pyrrole nitrogens is 1. The van der Waals surface area contributed by atoms with Gasteiger partial charge in [0.15, 0.2) is 0 Å². The van der Waals surface area contributed by atoms with Crippen molar-refractivity contribution in [3.63, 3.8) is 0 Å². The van der Waals surface area contributed by atoms with Crippen LogP contribution in [0.2, 0.25) is 5.02 Å². The van der Waals surface area contributed by atoms with Crippen molar-refractivity contribution < 1.29 is 4.79 Å². The maximum absolute atomic E-state index is 12.6. The minimum Gasteiger partial charge on any atom is -0.331 e. The molecule has 1 aromatic heterocycles. The van der Waals surface area contributed by atoms with Gasteiger partial charge in [0.1, 0.15) is 5.56 Å². The quantitative estimate of drug-likeness (QED) is 0.927. The Morgan fingerprint density at radius 1 is 1.24 bits per heavy atom. The van der Waals surface area contributed by atoms with Crippen LogP contribution in [0.4, 0.5) is 0 Å².